The monoisotopic (exact) mass is 478 g/mol. The summed E-state index contributed by atoms with van der Waals surface area (Å²) in [6, 6.07) is 5.71. The number of nitrogens with zero attached hydrogens (tertiary/aromatic N) is 5. The zero-order valence-electron chi connectivity index (χ0n) is 21.0. The number of hydrogen-bond acceptors (Lipinski definition) is 7. The van der Waals surface area contributed by atoms with E-state index >= 15 is 0 Å². The normalized spacial score (nSPS) is 15.7. The molecule has 0 spiro atoms. The molecular weight excluding hydrogens is 444 g/mol. The van der Waals surface area contributed by atoms with Crippen molar-refractivity contribution in [3.05, 3.63) is 53.7 Å². The van der Waals surface area contributed by atoms with Gasteiger partial charge in [0.15, 0.2) is 0 Å². The molecule has 1 aromatic carbocycles. The van der Waals surface area contributed by atoms with E-state index in [0.29, 0.717) is 30.4 Å². The standard InChI is InChI=1S/C26H34N6O3/c1-5-23-18(2)29-26(31-11-9-27-17-31)30-25(23)32-10-7-6-8-20(32)14-24(33)28-16-19-12-21(34-3)15-22(13-19)35-4/h9,11-13,15,17,20H,5-8,10,14,16H2,1-4H3,(H,28,33). The van der Waals surface area contributed by atoms with Crippen LogP contribution < -0.4 is 19.7 Å². The van der Waals surface area contributed by atoms with Crippen molar-refractivity contribution < 1.29 is 14.3 Å². The number of aromatic nitrogens is 4. The van der Waals surface area contributed by atoms with Gasteiger partial charge in [0, 0.05) is 55.3 Å². The fraction of sp³-hybridized carbons (Fsp3) is 0.462. The predicted molar refractivity (Wildman–Crippen MR) is 134 cm³/mol. The molecule has 1 aliphatic rings. The number of ether oxygens (including phenoxy) is 2. The second kappa shape index (κ2) is 11.2. The number of aryl methyl sites for hydroxylation is 1. The number of methoxy groups -OCH3 is 2. The smallest absolute Gasteiger partial charge is 0.237 e. The Morgan fingerprint density at radius 2 is 1.91 bits per heavy atom. The van der Waals surface area contributed by atoms with E-state index < -0.39 is 0 Å². The lowest BCUT2D eigenvalue weighted by molar-refractivity contribution is -0.121. The summed E-state index contributed by atoms with van der Waals surface area (Å²) in [5.74, 6) is 2.95. The van der Waals surface area contributed by atoms with Crippen LogP contribution in [0.1, 0.15) is 49.4 Å². The van der Waals surface area contributed by atoms with Crippen molar-refractivity contribution in [2.24, 2.45) is 0 Å². The van der Waals surface area contributed by atoms with Crippen LogP contribution in [-0.4, -0.2) is 52.2 Å². The Morgan fingerprint density at radius 1 is 1.14 bits per heavy atom. The molecule has 186 valence electrons. The number of imidazole rings is 1. The molecule has 9 nitrogen and oxygen atoms in total. The molecule has 4 rings (SSSR count). The first kappa shape index (κ1) is 24.5. The summed E-state index contributed by atoms with van der Waals surface area (Å²) in [6.45, 7) is 5.44. The second-order valence-electron chi connectivity index (χ2n) is 8.78. The highest BCUT2D eigenvalue weighted by Gasteiger charge is 2.28. The van der Waals surface area contributed by atoms with E-state index in [1.54, 1.807) is 26.7 Å². The zero-order chi connectivity index (χ0) is 24.8. The first-order valence-electron chi connectivity index (χ1n) is 12.1. The van der Waals surface area contributed by atoms with Crippen LogP contribution in [0, 0.1) is 6.92 Å². The largest absolute Gasteiger partial charge is 0.497 e. The van der Waals surface area contributed by atoms with E-state index in [1.165, 1.54) is 0 Å². The predicted octanol–water partition coefficient (Wildman–Crippen LogP) is 3.62. The van der Waals surface area contributed by atoms with Crippen molar-refractivity contribution in [2.45, 2.75) is 58.5 Å². The van der Waals surface area contributed by atoms with E-state index in [2.05, 4.69) is 22.1 Å². The molecule has 0 radical (unpaired) electrons. The first-order valence-corrected chi connectivity index (χ1v) is 12.1. The summed E-state index contributed by atoms with van der Waals surface area (Å²) in [5, 5.41) is 3.07. The van der Waals surface area contributed by atoms with Gasteiger partial charge in [0.05, 0.1) is 14.2 Å². The van der Waals surface area contributed by atoms with Gasteiger partial charge < -0.3 is 19.7 Å². The lowest BCUT2D eigenvalue weighted by Crippen LogP contribution is -2.44. The Bertz CT molecular complexity index is 1130. The SMILES string of the molecule is CCc1c(C)nc(-n2ccnc2)nc1N1CCCCC1CC(=O)NCc1cc(OC)cc(OC)c1. The number of rotatable bonds is 9. The Morgan fingerprint density at radius 3 is 2.57 bits per heavy atom. The van der Waals surface area contributed by atoms with Crippen LogP contribution in [0.5, 0.6) is 11.5 Å². The van der Waals surface area contributed by atoms with Crippen molar-refractivity contribution in [2.75, 3.05) is 25.7 Å². The molecule has 1 aliphatic heterocycles. The molecule has 1 saturated heterocycles. The maximum Gasteiger partial charge on any atom is 0.237 e. The zero-order valence-corrected chi connectivity index (χ0v) is 21.0. The molecule has 3 aromatic rings. The van der Waals surface area contributed by atoms with Gasteiger partial charge >= 0.3 is 0 Å². The topological polar surface area (TPSA) is 94.4 Å². The summed E-state index contributed by atoms with van der Waals surface area (Å²) >= 11 is 0. The number of anilines is 1. The molecule has 0 bridgehead atoms. The number of amides is 1. The van der Waals surface area contributed by atoms with E-state index in [9.17, 15) is 4.79 Å². The third-order valence-electron chi connectivity index (χ3n) is 6.49. The Labute approximate surface area is 206 Å². The van der Waals surface area contributed by atoms with Gasteiger partial charge in [-0.2, -0.15) is 4.98 Å². The molecule has 1 atom stereocenters. The van der Waals surface area contributed by atoms with Gasteiger partial charge in [-0.05, 0) is 50.3 Å². The van der Waals surface area contributed by atoms with Crippen LogP contribution in [-0.2, 0) is 17.8 Å². The molecule has 1 fully saturated rings. The molecule has 0 saturated carbocycles. The minimum atomic E-state index is 0.0161. The van der Waals surface area contributed by atoms with Crippen molar-refractivity contribution in [3.63, 3.8) is 0 Å². The van der Waals surface area contributed by atoms with Crippen LogP contribution in [0.25, 0.3) is 5.95 Å². The molecule has 2 aromatic heterocycles. The molecule has 35 heavy (non-hydrogen) atoms. The van der Waals surface area contributed by atoms with Crippen molar-refractivity contribution >= 4 is 11.7 Å². The Balaban J connectivity index is 1.51. The number of carbonyl (C=O) groups is 1. The molecule has 1 amide bonds. The molecule has 9 heteroatoms. The van der Waals surface area contributed by atoms with Crippen molar-refractivity contribution in [3.8, 4) is 17.4 Å². The average Bonchev–Trinajstić information content (AvgIpc) is 3.42. The highest BCUT2D eigenvalue weighted by Crippen LogP contribution is 2.30. The minimum absolute atomic E-state index is 0.0161. The Hall–Kier alpha value is -3.62. The summed E-state index contributed by atoms with van der Waals surface area (Å²) in [6.07, 6.45) is 9.64. The molecule has 1 unspecified atom stereocenters. The highest BCUT2D eigenvalue weighted by molar-refractivity contribution is 5.77. The molecular formula is C26H34N6O3. The molecule has 0 aliphatic carbocycles. The van der Waals surface area contributed by atoms with Crippen LogP contribution >= 0.6 is 0 Å². The number of hydrogen-bond donors (Lipinski definition) is 1. The minimum Gasteiger partial charge on any atom is -0.497 e. The number of nitrogens with one attached hydrogen (secondary N) is 1. The van der Waals surface area contributed by atoms with Gasteiger partial charge in [0.2, 0.25) is 11.9 Å². The Kier molecular flexibility index (Phi) is 7.84. The second-order valence-corrected chi connectivity index (χ2v) is 8.78. The molecule has 3 heterocycles. The van der Waals surface area contributed by atoms with E-state index in [-0.39, 0.29) is 11.9 Å². The third kappa shape index (κ3) is 5.72. The lowest BCUT2D eigenvalue weighted by atomic mass is 9.97. The maximum atomic E-state index is 13.0. The average molecular weight is 479 g/mol. The summed E-state index contributed by atoms with van der Waals surface area (Å²) in [5.41, 5.74) is 3.02. The first-order chi connectivity index (χ1) is 17.0. The van der Waals surface area contributed by atoms with Gasteiger partial charge in [-0.25, -0.2) is 9.97 Å². The van der Waals surface area contributed by atoms with E-state index in [1.807, 2.05) is 35.9 Å². The summed E-state index contributed by atoms with van der Waals surface area (Å²) < 4.78 is 12.5. The number of benzene rings is 1. The van der Waals surface area contributed by atoms with E-state index in [4.69, 9.17) is 19.4 Å². The number of carbonyl (C=O) groups excluding carboxylic acids is 1. The van der Waals surface area contributed by atoms with E-state index in [0.717, 1.165) is 54.9 Å². The van der Waals surface area contributed by atoms with Gasteiger partial charge in [0.1, 0.15) is 23.6 Å². The van der Waals surface area contributed by atoms with Gasteiger partial charge in [-0.1, -0.05) is 6.92 Å². The van der Waals surface area contributed by atoms with Gasteiger partial charge in [0.25, 0.3) is 0 Å². The van der Waals surface area contributed by atoms with Crippen LogP contribution in [0.3, 0.4) is 0 Å². The fourth-order valence-electron chi connectivity index (χ4n) is 4.66. The quantitative estimate of drug-likeness (QED) is 0.502. The van der Waals surface area contributed by atoms with Crippen LogP contribution in [0.15, 0.2) is 36.9 Å². The highest BCUT2D eigenvalue weighted by atomic mass is 16.5. The lowest BCUT2D eigenvalue weighted by Gasteiger charge is -2.37. The molecule has 1 N–H and O–H groups in total. The van der Waals surface area contributed by atoms with Crippen molar-refractivity contribution in [1.29, 1.82) is 0 Å². The van der Waals surface area contributed by atoms with Crippen LogP contribution in [0.2, 0.25) is 0 Å². The fourth-order valence-corrected chi connectivity index (χ4v) is 4.66. The summed E-state index contributed by atoms with van der Waals surface area (Å²) in [4.78, 5) is 29.1. The van der Waals surface area contributed by atoms with Gasteiger partial charge in [-0.3, -0.25) is 9.36 Å². The third-order valence-corrected chi connectivity index (χ3v) is 6.49. The number of piperidine rings is 1. The van der Waals surface area contributed by atoms with Gasteiger partial charge in [-0.15, -0.1) is 0 Å². The van der Waals surface area contributed by atoms with Crippen LogP contribution in [0.4, 0.5) is 5.82 Å². The maximum absolute atomic E-state index is 13.0. The summed E-state index contributed by atoms with van der Waals surface area (Å²) in [7, 11) is 3.23. The van der Waals surface area contributed by atoms with Crippen molar-refractivity contribution in [1.82, 2.24) is 24.8 Å².